The second-order valence-corrected chi connectivity index (χ2v) is 6.75. The third kappa shape index (κ3) is 5.88. The van der Waals surface area contributed by atoms with Crippen molar-refractivity contribution in [1.82, 2.24) is 5.32 Å². The van der Waals surface area contributed by atoms with Crippen molar-refractivity contribution in [2.24, 2.45) is 5.92 Å². The molecule has 1 atom stereocenters. The van der Waals surface area contributed by atoms with Crippen molar-refractivity contribution in [3.63, 3.8) is 0 Å². The summed E-state index contributed by atoms with van der Waals surface area (Å²) in [6.45, 7) is 3.74. The van der Waals surface area contributed by atoms with Gasteiger partial charge in [0.25, 0.3) is 0 Å². The fraction of sp³-hybridized carbons (Fsp3) is 0.409. The molecule has 4 heteroatoms. The molecule has 3 rings (SSSR count). The summed E-state index contributed by atoms with van der Waals surface area (Å²) < 4.78 is 10.9. The highest BCUT2D eigenvalue weighted by molar-refractivity contribution is 5.70. The largest absolute Gasteiger partial charge is 0.493 e. The molecule has 1 N–H and O–H groups in total. The lowest BCUT2D eigenvalue weighted by Crippen LogP contribution is -2.24. The number of esters is 1. The highest BCUT2D eigenvalue weighted by atomic mass is 16.5. The number of hydrogen-bond acceptors (Lipinski definition) is 4. The summed E-state index contributed by atoms with van der Waals surface area (Å²) in [5, 5.41) is 3.48. The van der Waals surface area contributed by atoms with Crippen LogP contribution < -0.4 is 10.1 Å². The lowest BCUT2D eigenvalue weighted by molar-refractivity contribution is -0.143. The van der Waals surface area contributed by atoms with Crippen LogP contribution >= 0.6 is 0 Å². The van der Waals surface area contributed by atoms with E-state index in [0.29, 0.717) is 19.6 Å². The maximum atomic E-state index is 11.9. The zero-order valence-electron chi connectivity index (χ0n) is 15.3. The van der Waals surface area contributed by atoms with Gasteiger partial charge in [0.2, 0.25) is 0 Å². The lowest BCUT2D eigenvalue weighted by atomic mass is 10.0. The highest BCUT2D eigenvalue weighted by Gasteiger charge is 2.21. The molecule has 0 bridgehead atoms. The molecule has 2 aromatic rings. The first-order chi connectivity index (χ1) is 12.7. The molecule has 0 radical (unpaired) electrons. The zero-order chi connectivity index (χ0) is 18.2. The Kier molecular flexibility index (Phi) is 6.67. The molecule has 2 aromatic carbocycles. The van der Waals surface area contributed by atoms with E-state index in [1.807, 2.05) is 49.4 Å². The van der Waals surface area contributed by atoms with E-state index in [2.05, 4.69) is 17.4 Å². The molecule has 26 heavy (non-hydrogen) atoms. The molecule has 1 aliphatic carbocycles. The van der Waals surface area contributed by atoms with Crippen molar-refractivity contribution in [3.8, 4) is 5.75 Å². The van der Waals surface area contributed by atoms with Crippen molar-refractivity contribution in [1.29, 1.82) is 0 Å². The molecular formula is C22H27NO3. The maximum absolute atomic E-state index is 11.9. The molecule has 0 aromatic heterocycles. The average Bonchev–Trinajstić information content (AvgIpc) is 3.50. The summed E-state index contributed by atoms with van der Waals surface area (Å²) in [6.07, 6.45) is 2.91. The predicted molar refractivity (Wildman–Crippen MR) is 102 cm³/mol. The number of hydrogen-bond donors (Lipinski definition) is 1. The summed E-state index contributed by atoms with van der Waals surface area (Å²) >= 11 is 0. The van der Waals surface area contributed by atoms with Crippen LogP contribution in [0.4, 0.5) is 0 Å². The molecule has 0 amide bonds. The number of rotatable bonds is 10. The topological polar surface area (TPSA) is 47.6 Å². The van der Waals surface area contributed by atoms with Gasteiger partial charge in [0.1, 0.15) is 5.75 Å². The molecule has 0 heterocycles. The molecule has 1 aliphatic rings. The third-order valence-corrected chi connectivity index (χ3v) is 4.54. The molecule has 0 unspecified atom stereocenters. The van der Waals surface area contributed by atoms with E-state index in [4.69, 9.17) is 9.47 Å². The lowest BCUT2D eigenvalue weighted by Gasteiger charge is -2.19. The van der Waals surface area contributed by atoms with Crippen LogP contribution in [-0.4, -0.2) is 19.2 Å². The first-order valence-electron chi connectivity index (χ1n) is 9.40. The Morgan fingerprint density at radius 3 is 2.50 bits per heavy atom. The van der Waals surface area contributed by atoms with Gasteiger partial charge < -0.3 is 14.8 Å². The SMILES string of the molecule is CCOC(=O)C[C@H](NCc1ccc(OCC2CC2)cc1)c1ccccc1. The van der Waals surface area contributed by atoms with Crippen LogP contribution in [0.25, 0.3) is 0 Å². The monoisotopic (exact) mass is 353 g/mol. The molecular weight excluding hydrogens is 326 g/mol. The number of carbonyl (C=O) groups is 1. The number of ether oxygens (including phenoxy) is 2. The molecule has 0 spiro atoms. The molecule has 1 fully saturated rings. The molecule has 4 nitrogen and oxygen atoms in total. The summed E-state index contributed by atoms with van der Waals surface area (Å²) in [5.41, 5.74) is 2.25. The van der Waals surface area contributed by atoms with Crippen molar-refractivity contribution < 1.29 is 14.3 Å². The first-order valence-corrected chi connectivity index (χ1v) is 9.40. The van der Waals surface area contributed by atoms with Gasteiger partial charge in [-0.1, -0.05) is 42.5 Å². The van der Waals surface area contributed by atoms with Crippen LogP contribution in [0, 0.1) is 5.92 Å². The molecule has 0 aliphatic heterocycles. The van der Waals surface area contributed by atoms with Crippen LogP contribution in [0.15, 0.2) is 54.6 Å². The van der Waals surface area contributed by atoms with Gasteiger partial charge in [-0.25, -0.2) is 0 Å². The van der Waals surface area contributed by atoms with Gasteiger partial charge in [-0.3, -0.25) is 4.79 Å². The van der Waals surface area contributed by atoms with Gasteiger partial charge in [-0.2, -0.15) is 0 Å². The van der Waals surface area contributed by atoms with Gasteiger partial charge in [0, 0.05) is 12.6 Å². The Hall–Kier alpha value is -2.33. The summed E-state index contributed by atoms with van der Waals surface area (Å²) in [4.78, 5) is 11.9. The van der Waals surface area contributed by atoms with E-state index in [0.717, 1.165) is 29.4 Å². The summed E-state index contributed by atoms with van der Waals surface area (Å²) in [7, 11) is 0. The average molecular weight is 353 g/mol. The Morgan fingerprint density at radius 2 is 1.85 bits per heavy atom. The number of carbonyl (C=O) groups excluding carboxylic acids is 1. The fourth-order valence-corrected chi connectivity index (χ4v) is 2.82. The third-order valence-electron chi connectivity index (χ3n) is 4.54. The number of nitrogens with one attached hydrogen (secondary N) is 1. The number of benzene rings is 2. The molecule has 138 valence electrons. The van der Waals surface area contributed by atoms with Crippen LogP contribution in [0.2, 0.25) is 0 Å². The van der Waals surface area contributed by atoms with E-state index >= 15 is 0 Å². The van der Waals surface area contributed by atoms with E-state index in [1.165, 1.54) is 12.8 Å². The van der Waals surface area contributed by atoms with Gasteiger partial charge in [-0.15, -0.1) is 0 Å². The normalized spacial score (nSPS) is 14.7. The van der Waals surface area contributed by atoms with Gasteiger partial charge in [-0.05, 0) is 48.9 Å². The Labute approximate surface area is 155 Å². The van der Waals surface area contributed by atoms with E-state index in [-0.39, 0.29) is 12.0 Å². The van der Waals surface area contributed by atoms with Gasteiger partial charge in [0.05, 0.1) is 19.6 Å². The van der Waals surface area contributed by atoms with E-state index in [1.54, 1.807) is 0 Å². The van der Waals surface area contributed by atoms with Crippen molar-refractivity contribution in [3.05, 3.63) is 65.7 Å². The second kappa shape index (κ2) is 9.39. The van der Waals surface area contributed by atoms with Crippen LogP contribution in [-0.2, 0) is 16.1 Å². The minimum Gasteiger partial charge on any atom is -0.493 e. The Balaban J connectivity index is 1.56. The first kappa shape index (κ1) is 18.5. The smallest absolute Gasteiger partial charge is 0.307 e. The quantitative estimate of drug-likeness (QED) is 0.648. The summed E-state index contributed by atoms with van der Waals surface area (Å²) in [6, 6.07) is 18.1. The minimum absolute atomic E-state index is 0.0685. The highest BCUT2D eigenvalue weighted by Crippen LogP contribution is 2.29. The maximum Gasteiger partial charge on any atom is 0.307 e. The standard InChI is InChI=1S/C22H27NO3/c1-2-25-22(24)14-21(19-6-4-3-5-7-19)23-15-17-10-12-20(13-11-17)26-16-18-8-9-18/h3-7,10-13,18,21,23H,2,8-9,14-16H2,1H3/t21-/m0/s1. The van der Waals surface area contributed by atoms with Crippen LogP contribution in [0.5, 0.6) is 5.75 Å². The van der Waals surface area contributed by atoms with Crippen molar-refractivity contribution in [2.45, 2.75) is 38.8 Å². The second-order valence-electron chi connectivity index (χ2n) is 6.75. The van der Waals surface area contributed by atoms with Gasteiger partial charge in [0.15, 0.2) is 0 Å². The fourth-order valence-electron chi connectivity index (χ4n) is 2.82. The minimum atomic E-state index is -0.183. The molecule has 0 saturated heterocycles. The van der Waals surface area contributed by atoms with E-state index < -0.39 is 0 Å². The predicted octanol–water partition coefficient (Wildman–Crippen LogP) is 4.26. The molecule has 1 saturated carbocycles. The van der Waals surface area contributed by atoms with Crippen LogP contribution in [0.3, 0.4) is 0 Å². The summed E-state index contributed by atoms with van der Waals surface area (Å²) in [5.74, 6) is 1.50. The van der Waals surface area contributed by atoms with Crippen molar-refractivity contribution in [2.75, 3.05) is 13.2 Å². The zero-order valence-corrected chi connectivity index (χ0v) is 15.3. The van der Waals surface area contributed by atoms with Crippen LogP contribution in [0.1, 0.15) is 43.4 Å². The van der Waals surface area contributed by atoms with Gasteiger partial charge >= 0.3 is 5.97 Å². The van der Waals surface area contributed by atoms with Crippen molar-refractivity contribution >= 4 is 5.97 Å². The Morgan fingerprint density at radius 1 is 1.12 bits per heavy atom. The Bertz CT molecular complexity index is 680. The van der Waals surface area contributed by atoms with E-state index in [9.17, 15) is 4.79 Å².